The van der Waals surface area contributed by atoms with Crippen LogP contribution >= 0.6 is 0 Å². The molecule has 0 amide bonds. The van der Waals surface area contributed by atoms with Crippen molar-refractivity contribution in [2.24, 2.45) is 0 Å². The first kappa shape index (κ1) is 57.4. The highest BCUT2D eigenvalue weighted by atomic mass is 16.6. The van der Waals surface area contributed by atoms with Crippen LogP contribution in [0.5, 0.6) is 0 Å². The van der Waals surface area contributed by atoms with Crippen LogP contribution in [0.1, 0.15) is 14.9 Å². The zero-order chi connectivity index (χ0) is 3.58. The topological polar surface area (TPSA) is 128 Å². The Bertz CT molecular complexity index is 35.5. The van der Waals surface area contributed by atoms with E-state index < -0.39 is 6.16 Å². The van der Waals surface area contributed by atoms with Gasteiger partial charge >= 0.3 is 6.16 Å². The maximum atomic E-state index is 8.56. The Labute approximate surface area is 49.5 Å². The summed E-state index contributed by atoms with van der Waals surface area (Å²) in [5, 5.41) is 13.9. The SMILES string of the molecule is C.C.N.N.O=C(O)O. The Hall–Kier alpha value is -0.810. The smallest absolute Gasteiger partial charge is 0.450 e. The summed E-state index contributed by atoms with van der Waals surface area (Å²) in [5.41, 5.74) is 0. The molecule has 0 aliphatic rings. The van der Waals surface area contributed by atoms with Crippen LogP contribution in [0.2, 0.25) is 0 Å². The molecule has 0 spiro atoms. The predicted molar refractivity (Wildman–Crippen MR) is 34.2 cm³/mol. The molecule has 5 nitrogen and oxygen atoms in total. The van der Waals surface area contributed by atoms with Gasteiger partial charge in [0.25, 0.3) is 0 Å². The van der Waals surface area contributed by atoms with Gasteiger partial charge in [-0.3, -0.25) is 0 Å². The van der Waals surface area contributed by atoms with Crippen LogP contribution in [0.25, 0.3) is 0 Å². The first-order chi connectivity index (χ1) is 1.73. The van der Waals surface area contributed by atoms with Crippen molar-refractivity contribution in [3.05, 3.63) is 0 Å². The Balaban J connectivity index is -0.00000000750. The van der Waals surface area contributed by atoms with Gasteiger partial charge in [-0.25, -0.2) is 4.79 Å². The minimum absolute atomic E-state index is 0. The summed E-state index contributed by atoms with van der Waals surface area (Å²) < 4.78 is 0. The molecule has 0 aromatic rings. The molecule has 0 aromatic carbocycles. The molecule has 0 bridgehead atoms. The quantitative estimate of drug-likeness (QED) is 0.395. The highest BCUT2D eigenvalue weighted by Crippen LogP contribution is 1.42. The van der Waals surface area contributed by atoms with Gasteiger partial charge in [-0.1, -0.05) is 14.9 Å². The minimum atomic E-state index is -1.83. The largest absolute Gasteiger partial charge is 0.503 e. The molecule has 5 heteroatoms. The molecule has 0 aliphatic carbocycles. The third kappa shape index (κ3) is 139. The van der Waals surface area contributed by atoms with E-state index in [-0.39, 0.29) is 27.2 Å². The number of carboxylic acid groups (broad SMARTS) is 2. The molecule has 0 saturated carbocycles. The Morgan fingerprint density at radius 2 is 1.00 bits per heavy atom. The van der Waals surface area contributed by atoms with Crippen molar-refractivity contribution >= 4 is 6.16 Å². The van der Waals surface area contributed by atoms with E-state index in [2.05, 4.69) is 0 Å². The highest BCUT2D eigenvalue weighted by molar-refractivity contribution is 5.53. The molecule has 0 aromatic heterocycles. The van der Waals surface area contributed by atoms with Crippen LogP contribution in [-0.4, -0.2) is 16.4 Å². The summed E-state index contributed by atoms with van der Waals surface area (Å²) >= 11 is 0. The third-order valence-corrected chi connectivity index (χ3v) is 0. The number of rotatable bonds is 0. The van der Waals surface area contributed by atoms with E-state index in [1.165, 1.54) is 0 Å². The van der Waals surface area contributed by atoms with E-state index in [1.54, 1.807) is 0 Å². The molecule has 0 heterocycles. The lowest BCUT2D eigenvalue weighted by Gasteiger charge is -1.60. The van der Waals surface area contributed by atoms with Crippen LogP contribution in [0, 0.1) is 0 Å². The number of carbonyl (C=O) groups is 1. The van der Waals surface area contributed by atoms with Gasteiger partial charge in [-0.2, -0.15) is 0 Å². The molecule has 0 aliphatic heterocycles. The number of hydrogen-bond acceptors (Lipinski definition) is 3. The van der Waals surface area contributed by atoms with E-state index in [4.69, 9.17) is 15.0 Å². The molecule has 0 radical (unpaired) electrons. The first-order valence-electron chi connectivity index (χ1n) is 0.651. The van der Waals surface area contributed by atoms with Crippen LogP contribution in [0.3, 0.4) is 0 Å². The fourth-order valence-electron chi connectivity index (χ4n) is 0. The zero-order valence-corrected chi connectivity index (χ0v) is 3.22. The van der Waals surface area contributed by atoms with Crippen LogP contribution < -0.4 is 12.3 Å². The maximum Gasteiger partial charge on any atom is 0.503 e. The molecule has 56 valence electrons. The van der Waals surface area contributed by atoms with Crippen LogP contribution in [-0.2, 0) is 0 Å². The summed E-state index contributed by atoms with van der Waals surface area (Å²) in [6.45, 7) is 0. The second-order valence-corrected chi connectivity index (χ2v) is 0.283. The van der Waals surface area contributed by atoms with Gasteiger partial charge in [-0.05, 0) is 0 Å². The normalized spacial score (nSPS) is 3.00. The van der Waals surface area contributed by atoms with Gasteiger partial charge in [0.05, 0.1) is 0 Å². The van der Waals surface area contributed by atoms with E-state index in [0.29, 0.717) is 0 Å². The standard InChI is InChI=1S/CH2O3.2CH4.2H3N/c2-1(3)4;;;;/h(H2,2,3,4);2*1H4;2*1H3. The van der Waals surface area contributed by atoms with Crippen molar-refractivity contribution in [1.29, 1.82) is 0 Å². The third-order valence-electron chi connectivity index (χ3n) is 0. The summed E-state index contributed by atoms with van der Waals surface area (Å²) in [6, 6.07) is 0. The molecular weight excluding hydrogens is 112 g/mol. The van der Waals surface area contributed by atoms with Crippen molar-refractivity contribution in [3.63, 3.8) is 0 Å². The molecular formula is C3H16N2O3. The van der Waals surface area contributed by atoms with Gasteiger partial charge in [0, 0.05) is 0 Å². The molecule has 8 N–H and O–H groups in total. The fraction of sp³-hybridized carbons (Fsp3) is 0.667. The van der Waals surface area contributed by atoms with Gasteiger partial charge in [0.1, 0.15) is 0 Å². The zero-order valence-electron chi connectivity index (χ0n) is 3.22. The van der Waals surface area contributed by atoms with Crippen molar-refractivity contribution in [2.45, 2.75) is 14.9 Å². The lowest BCUT2D eigenvalue weighted by molar-refractivity contribution is 0.137. The van der Waals surface area contributed by atoms with Crippen LogP contribution in [0.15, 0.2) is 0 Å². The molecule has 0 fully saturated rings. The molecule has 0 rings (SSSR count). The second kappa shape index (κ2) is 34.8. The minimum Gasteiger partial charge on any atom is -0.450 e. The maximum absolute atomic E-state index is 8.56. The van der Waals surface area contributed by atoms with Gasteiger partial charge in [0.2, 0.25) is 0 Å². The van der Waals surface area contributed by atoms with Gasteiger partial charge in [-0.15, -0.1) is 0 Å². The average Bonchev–Trinajstić information content (AvgIpc) is 0.811. The van der Waals surface area contributed by atoms with E-state index >= 15 is 0 Å². The Morgan fingerprint density at radius 1 is 1.00 bits per heavy atom. The Morgan fingerprint density at radius 3 is 1.00 bits per heavy atom. The predicted octanol–water partition coefficient (Wildman–Crippen LogP) is 1.82. The molecule has 0 unspecified atom stereocenters. The summed E-state index contributed by atoms with van der Waals surface area (Å²) in [4.78, 5) is 8.56. The average molecular weight is 128 g/mol. The van der Waals surface area contributed by atoms with E-state index in [9.17, 15) is 0 Å². The summed E-state index contributed by atoms with van der Waals surface area (Å²) in [5.74, 6) is 0. The van der Waals surface area contributed by atoms with Gasteiger partial charge in [0.15, 0.2) is 0 Å². The fourth-order valence-corrected chi connectivity index (χ4v) is 0. The highest BCUT2D eigenvalue weighted by Gasteiger charge is 1.70. The molecule has 0 atom stereocenters. The summed E-state index contributed by atoms with van der Waals surface area (Å²) in [7, 11) is 0. The monoisotopic (exact) mass is 128 g/mol. The summed E-state index contributed by atoms with van der Waals surface area (Å²) in [6.07, 6.45) is -1.83. The Kier molecular flexibility index (Phi) is 250. The van der Waals surface area contributed by atoms with Crippen molar-refractivity contribution in [2.75, 3.05) is 0 Å². The van der Waals surface area contributed by atoms with Crippen molar-refractivity contribution < 1.29 is 15.0 Å². The second-order valence-electron chi connectivity index (χ2n) is 0.283. The van der Waals surface area contributed by atoms with Crippen molar-refractivity contribution in [3.8, 4) is 0 Å². The molecule has 8 heavy (non-hydrogen) atoms. The molecule has 0 saturated heterocycles. The van der Waals surface area contributed by atoms with Crippen molar-refractivity contribution in [1.82, 2.24) is 12.3 Å². The lowest BCUT2D eigenvalue weighted by Crippen LogP contribution is -1.81. The first-order valence-corrected chi connectivity index (χ1v) is 0.651. The lowest BCUT2D eigenvalue weighted by atomic mass is 11.5. The van der Waals surface area contributed by atoms with E-state index in [0.717, 1.165) is 0 Å². The van der Waals surface area contributed by atoms with E-state index in [1.807, 2.05) is 0 Å². The van der Waals surface area contributed by atoms with Crippen LogP contribution in [0.4, 0.5) is 4.79 Å². The van der Waals surface area contributed by atoms with Gasteiger partial charge < -0.3 is 22.5 Å². The number of hydrogen-bond donors (Lipinski definition) is 4.